The van der Waals surface area contributed by atoms with Crippen LogP contribution in [0.3, 0.4) is 0 Å². The van der Waals surface area contributed by atoms with E-state index >= 15 is 0 Å². The Morgan fingerprint density at radius 1 is 1.08 bits per heavy atom. The number of amides is 2. The van der Waals surface area contributed by atoms with Crippen LogP contribution in [0, 0.1) is 6.92 Å². The third-order valence-electron chi connectivity index (χ3n) is 7.32. The Kier molecular flexibility index (Phi) is 6.91. The smallest absolute Gasteiger partial charge is 0.343 e. The first kappa shape index (κ1) is 26.5. The predicted octanol–water partition coefficient (Wildman–Crippen LogP) is 3.83. The number of hydrogen-bond acceptors (Lipinski definition) is 7. The fraction of sp³-hybridized carbons (Fsp3) is 0.407. The minimum Gasteiger partial charge on any atom is -0.507 e. The Labute approximate surface area is 226 Å². The number of sulfone groups is 1. The maximum absolute atomic E-state index is 13.1. The highest BCUT2D eigenvalue weighted by Gasteiger charge is 2.52. The van der Waals surface area contributed by atoms with E-state index in [9.17, 15) is 23.1 Å². The first-order valence-electron chi connectivity index (χ1n) is 12.4. The van der Waals surface area contributed by atoms with Crippen LogP contribution in [-0.4, -0.2) is 86.6 Å². The summed E-state index contributed by atoms with van der Waals surface area (Å²) < 4.78 is 35.2. The Morgan fingerprint density at radius 2 is 1.82 bits per heavy atom. The number of esters is 1. The molecule has 3 aliphatic rings. The normalized spacial score (nSPS) is 22.2. The van der Waals surface area contributed by atoms with Gasteiger partial charge in [-0.2, -0.15) is 0 Å². The Balaban J connectivity index is 1.48. The van der Waals surface area contributed by atoms with Crippen molar-refractivity contribution < 1.29 is 32.6 Å². The van der Waals surface area contributed by atoms with Crippen LogP contribution in [-0.2, 0) is 24.1 Å². The summed E-state index contributed by atoms with van der Waals surface area (Å²) in [4.78, 5) is 29.7. The van der Waals surface area contributed by atoms with Crippen LogP contribution >= 0.6 is 11.6 Å². The lowest BCUT2D eigenvalue weighted by Crippen LogP contribution is -2.56. The minimum absolute atomic E-state index is 0.0292. The van der Waals surface area contributed by atoms with Gasteiger partial charge in [-0.25, -0.2) is 18.0 Å². The van der Waals surface area contributed by atoms with Gasteiger partial charge in [-0.15, -0.1) is 0 Å². The number of urea groups is 1. The number of halogens is 1. The molecule has 1 N–H and O–H groups in total. The molecule has 2 amide bonds. The molecule has 1 spiro atoms. The topological polar surface area (TPSA) is 113 Å². The van der Waals surface area contributed by atoms with Crippen molar-refractivity contribution in [1.29, 1.82) is 0 Å². The van der Waals surface area contributed by atoms with Gasteiger partial charge in [0.05, 0.1) is 24.7 Å². The van der Waals surface area contributed by atoms with Crippen molar-refractivity contribution in [3.8, 4) is 11.1 Å². The quantitative estimate of drug-likeness (QED) is 0.567. The van der Waals surface area contributed by atoms with Gasteiger partial charge in [0.1, 0.15) is 5.57 Å². The second-order valence-electron chi connectivity index (χ2n) is 9.96. The molecule has 2 saturated heterocycles. The van der Waals surface area contributed by atoms with E-state index in [-0.39, 0.29) is 33.8 Å². The van der Waals surface area contributed by atoms with E-state index in [1.165, 1.54) is 6.07 Å². The van der Waals surface area contributed by atoms with Gasteiger partial charge >= 0.3 is 12.0 Å². The molecule has 5 rings (SSSR count). The second-order valence-corrected chi connectivity index (χ2v) is 12.4. The van der Waals surface area contributed by atoms with E-state index in [1.807, 2.05) is 0 Å². The van der Waals surface area contributed by atoms with Gasteiger partial charge in [0.2, 0.25) is 0 Å². The van der Waals surface area contributed by atoms with Crippen LogP contribution in [0.2, 0.25) is 5.02 Å². The first-order valence-corrected chi connectivity index (χ1v) is 14.7. The van der Waals surface area contributed by atoms with Gasteiger partial charge in [0.15, 0.2) is 21.2 Å². The van der Waals surface area contributed by atoms with Gasteiger partial charge in [-0.1, -0.05) is 23.7 Å². The van der Waals surface area contributed by atoms with E-state index in [4.69, 9.17) is 21.1 Å². The van der Waals surface area contributed by atoms with Gasteiger partial charge in [0, 0.05) is 36.5 Å². The maximum Gasteiger partial charge on any atom is 0.343 e. The number of piperidine rings is 1. The van der Waals surface area contributed by atoms with E-state index in [2.05, 4.69) is 0 Å². The molecule has 0 saturated carbocycles. The van der Waals surface area contributed by atoms with Crippen LogP contribution in [0.4, 0.5) is 4.79 Å². The average Bonchev–Trinajstić information content (AvgIpc) is 3.13. The van der Waals surface area contributed by atoms with Crippen molar-refractivity contribution in [2.24, 2.45) is 0 Å². The molecule has 38 heavy (non-hydrogen) atoms. The molecule has 2 fully saturated rings. The maximum atomic E-state index is 13.1. The number of likely N-dealkylation sites (tertiary alicyclic amines) is 1. The van der Waals surface area contributed by atoms with E-state index < -0.39 is 21.4 Å². The summed E-state index contributed by atoms with van der Waals surface area (Å²) in [5, 5.41) is 11.7. The molecule has 1 atom stereocenters. The number of aliphatic hydroxyl groups is 1. The van der Waals surface area contributed by atoms with Crippen molar-refractivity contribution in [2.75, 3.05) is 45.6 Å². The molecule has 9 nitrogen and oxygen atoms in total. The van der Waals surface area contributed by atoms with Crippen LogP contribution < -0.4 is 0 Å². The lowest BCUT2D eigenvalue weighted by molar-refractivity contribution is -0.150. The number of aliphatic hydroxyl groups excluding tert-OH is 1. The number of carbonyl (C=O) groups excluding carboxylic acids is 2. The first-order chi connectivity index (χ1) is 18.0. The van der Waals surface area contributed by atoms with Gasteiger partial charge in [0.25, 0.3) is 0 Å². The molecule has 0 aromatic heterocycles. The number of benzene rings is 2. The fourth-order valence-electron chi connectivity index (χ4n) is 5.32. The van der Waals surface area contributed by atoms with E-state index in [0.717, 1.165) is 6.26 Å². The highest BCUT2D eigenvalue weighted by molar-refractivity contribution is 7.90. The molecular formula is C27H29ClN2O7S. The number of aryl methyl sites for hydroxylation is 1. The fourth-order valence-corrected chi connectivity index (χ4v) is 6.26. The summed E-state index contributed by atoms with van der Waals surface area (Å²) >= 11 is 6.63. The highest BCUT2D eigenvalue weighted by Crippen LogP contribution is 2.44. The molecule has 11 heteroatoms. The van der Waals surface area contributed by atoms with Crippen LogP contribution in [0.25, 0.3) is 16.7 Å². The highest BCUT2D eigenvalue weighted by atomic mass is 35.5. The zero-order valence-corrected chi connectivity index (χ0v) is 22.8. The molecule has 2 aromatic rings. The molecule has 2 aromatic carbocycles. The minimum atomic E-state index is -3.41. The third kappa shape index (κ3) is 4.76. The van der Waals surface area contributed by atoms with Crippen LogP contribution in [0.1, 0.15) is 24.0 Å². The van der Waals surface area contributed by atoms with Crippen molar-refractivity contribution in [3.05, 3.63) is 58.3 Å². The van der Waals surface area contributed by atoms with E-state index in [0.29, 0.717) is 67.9 Å². The lowest BCUT2D eigenvalue weighted by atomic mass is 9.87. The Hall–Kier alpha value is -3.08. The summed E-state index contributed by atoms with van der Waals surface area (Å²) in [6.07, 6.45) is 2.10. The SMILES string of the molecule is Cc1cc(-c2cccc(S(C)(=O)=O)c2)c(Cl)cc1C1=C(O)C2(CCCN(C(=O)N3CCOCC3)C2)OC1=O. The Bertz CT molecular complexity index is 1450. The van der Waals surface area contributed by atoms with Gasteiger partial charge in [-0.05, 0) is 60.7 Å². The summed E-state index contributed by atoms with van der Waals surface area (Å²) in [5.74, 6) is -0.873. The van der Waals surface area contributed by atoms with Crippen LogP contribution in [0.15, 0.2) is 47.1 Å². The summed E-state index contributed by atoms with van der Waals surface area (Å²) in [6, 6.07) is 9.65. The summed E-state index contributed by atoms with van der Waals surface area (Å²) in [6.45, 7) is 4.28. The van der Waals surface area contributed by atoms with Crippen molar-refractivity contribution in [3.63, 3.8) is 0 Å². The van der Waals surface area contributed by atoms with Crippen molar-refractivity contribution in [1.82, 2.24) is 9.80 Å². The molecule has 3 aliphatic heterocycles. The lowest BCUT2D eigenvalue weighted by Gasteiger charge is -2.41. The van der Waals surface area contributed by atoms with Crippen molar-refractivity contribution in [2.45, 2.75) is 30.3 Å². The van der Waals surface area contributed by atoms with Crippen molar-refractivity contribution >= 4 is 39.0 Å². The molecule has 0 bridgehead atoms. The number of nitrogens with zero attached hydrogens (tertiary/aromatic N) is 2. The number of hydrogen-bond donors (Lipinski definition) is 1. The average molecular weight is 561 g/mol. The summed E-state index contributed by atoms with van der Waals surface area (Å²) in [7, 11) is -3.41. The number of rotatable bonds is 3. The number of morpholine rings is 1. The largest absolute Gasteiger partial charge is 0.507 e. The molecule has 1 unspecified atom stereocenters. The molecule has 202 valence electrons. The van der Waals surface area contributed by atoms with Gasteiger partial charge < -0.3 is 24.4 Å². The second kappa shape index (κ2) is 9.91. The zero-order valence-electron chi connectivity index (χ0n) is 21.2. The third-order valence-corrected chi connectivity index (χ3v) is 8.75. The Morgan fingerprint density at radius 3 is 2.53 bits per heavy atom. The number of ether oxygens (including phenoxy) is 2. The van der Waals surface area contributed by atoms with E-state index in [1.54, 1.807) is 47.1 Å². The molecule has 3 heterocycles. The molecule has 0 radical (unpaired) electrons. The monoisotopic (exact) mass is 560 g/mol. The predicted molar refractivity (Wildman–Crippen MR) is 142 cm³/mol. The standard InChI is InChI=1S/C27H29ClN2O7S/c1-17-13-21(18-5-3-6-19(14-18)38(2,34)35)22(28)15-20(17)23-24(31)27(37-25(23)32)7-4-8-30(16-27)26(33)29-9-11-36-12-10-29/h3,5-6,13-15,31H,4,7-12,16H2,1-2H3. The van der Waals surface area contributed by atoms with Crippen LogP contribution in [0.5, 0.6) is 0 Å². The molecular weight excluding hydrogens is 532 g/mol. The molecule has 0 aliphatic carbocycles. The zero-order chi connectivity index (χ0) is 27.2. The summed E-state index contributed by atoms with van der Waals surface area (Å²) in [5.41, 5.74) is 1.01. The van der Waals surface area contributed by atoms with Gasteiger partial charge in [-0.3, -0.25) is 0 Å². The number of carbonyl (C=O) groups is 2.